The van der Waals surface area contributed by atoms with Crippen LogP contribution in [0, 0.1) is 17.8 Å². The Labute approximate surface area is 638 Å². The first kappa shape index (κ1) is 102. The predicted octanol–water partition coefficient (Wildman–Crippen LogP) is 25.7. The highest BCUT2D eigenvalue weighted by molar-refractivity contribution is 7.47. The van der Waals surface area contributed by atoms with Gasteiger partial charge in [0.1, 0.15) is 19.3 Å². The first-order valence-electron chi connectivity index (χ1n) is 43.9. The van der Waals surface area contributed by atoms with Crippen LogP contribution in [-0.2, 0) is 65.4 Å². The van der Waals surface area contributed by atoms with Crippen LogP contribution < -0.4 is 0 Å². The highest BCUT2D eigenvalue weighted by Gasteiger charge is 2.30. The van der Waals surface area contributed by atoms with Gasteiger partial charge in [-0.1, -0.05) is 395 Å². The topological polar surface area (TPSA) is 237 Å². The van der Waals surface area contributed by atoms with E-state index < -0.39 is 97.5 Å². The standard InChI is InChI=1S/C85H166O17P2/c1-8-10-11-12-13-14-15-16-17-20-24-29-34-39-44-52-59-66-82(87)95-72-80(101-84(89)68-61-54-45-40-35-30-25-22-19-18-21-23-28-33-38-43-51-58-65-78(7)9-2)74-99-103(91,92)97-70-79(86)71-98-104(93,94)100-75-81(73-96-83(88)67-60-53-48-47-50-57-64-77(5)6)102-85(90)69-62-55-46-41-36-31-26-27-32-37-42-49-56-63-76(3)4/h76-81,86H,8-75H2,1-7H3,(H,91,92)(H,93,94)/t78?,79-,80-,81-/m1/s1. The highest BCUT2D eigenvalue weighted by Crippen LogP contribution is 2.45. The molecule has 0 bridgehead atoms. The van der Waals surface area contributed by atoms with E-state index in [0.717, 1.165) is 108 Å². The zero-order chi connectivity index (χ0) is 76.5. The van der Waals surface area contributed by atoms with E-state index in [-0.39, 0.29) is 25.7 Å². The lowest BCUT2D eigenvalue weighted by molar-refractivity contribution is -0.161. The third-order valence-corrected chi connectivity index (χ3v) is 22.1. The molecule has 0 aromatic carbocycles. The minimum atomic E-state index is -4.97. The lowest BCUT2D eigenvalue weighted by Crippen LogP contribution is -2.30. The van der Waals surface area contributed by atoms with Gasteiger partial charge in [-0.2, -0.15) is 0 Å². The summed E-state index contributed by atoms with van der Waals surface area (Å²) in [7, 11) is -9.93. The highest BCUT2D eigenvalue weighted by atomic mass is 31.2. The van der Waals surface area contributed by atoms with Crippen LogP contribution in [-0.4, -0.2) is 96.7 Å². The summed E-state index contributed by atoms with van der Waals surface area (Å²) >= 11 is 0. The molecule has 3 N–H and O–H groups in total. The van der Waals surface area contributed by atoms with E-state index in [0.29, 0.717) is 31.6 Å². The van der Waals surface area contributed by atoms with Crippen LogP contribution in [0.25, 0.3) is 0 Å². The maximum Gasteiger partial charge on any atom is 0.472 e. The first-order chi connectivity index (χ1) is 50.3. The van der Waals surface area contributed by atoms with Crippen molar-refractivity contribution < 1.29 is 80.2 Å². The quantitative estimate of drug-likeness (QED) is 0.0222. The molecule has 0 radical (unpaired) electrons. The van der Waals surface area contributed by atoms with E-state index in [1.54, 1.807) is 0 Å². The van der Waals surface area contributed by atoms with Gasteiger partial charge < -0.3 is 33.8 Å². The van der Waals surface area contributed by atoms with Gasteiger partial charge in [-0.05, 0) is 43.4 Å². The molecule has 104 heavy (non-hydrogen) atoms. The van der Waals surface area contributed by atoms with E-state index in [2.05, 4.69) is 48.5 Å². The molecule has 618 valence electrons. The number of carbonyl (C=O) groups is 4. The molecule has 0 amide bonds. The Morgan fingerprint density at radius 1 is 0.279 bits per heavy atom. The minimum Gasteiger partial charge on any atom is -0.462 e. The van der Waals surface area contributed by atoms with Crippen molar-refractivity contribution in [2.75, 3.05) is 39.6 Å². The Kier molecular flexibility index (Phi) is 73.7. The van der Waals surface area contributed by atoms with E-state index in [1.807, 2.05) is 0 Å². The lowest BCUT2D eigenvalue weighted by atomic mass is 9.99. The molecule has 6 atom stereocenters. The van der Waals surface area contributed by atoms with Gasteiger partial charge in [-0.3, -0.25) is 37.3 Å². The summed E-state index contributed by atoms with van der Waals surface area (Å²) in [5.41, 5.74) is 0. The first-order valence-corrected chi connectivity index (χ1v) is 46.9. The fourth-order valence-corrected chi connectivity index (χ4v) is 14.7. The summed E-state index contributed by atoms with van der Waals surface area (Å²) in [4.78, 5) is 73.1. The summed E-state index contributed by atoms with van der Waals surface area (Å²) in [6.45, 7) is 12.0. The second-order valence-electron chi connectivity index (χ2n) is 31.8. The Hall–Kier alpha value is -1.94. The van der Waals surface area contributed by atoms with Gasteiger partial charge in [0.25, 0.3) is 0 Å². The molecular formula is C85H166O17P2. The molecule has 17 nitrogen and oxygen atoms in total. The van der Waals surface area contributed by atoms with Gasteiger partial charge in [-0.15, -0.1) is 0 Å². The number of phosphoric acid groups is 2. The number of carbonyl (C=O) groups excluding carboxylic acids is 4. The molecule has 0 rings (SSSR count). The molecule has 0 fully saturated rings. The molecule has 0 aliphatic carbocycles. The number of phosphoric ester groups is 2. The van der Waals surface area contributed by atoms with Crippen LogP contribution in [0.3, 0.4) is 0 Å². The van der Waals surface area contributed by atoms with Gasteiger partial charge in [0.05, 0.1) is 26.4 Å². The Bertz CT molecular complexity index is 2010. The SMILES string of the molecule is CCCCCCCCCCCCCCCCCCCC(=O)OC[C@H](COP(=O)(O)OC[C@@H](O)COP(=O)(O)OC[C@@H](COC(=O)CCCCCCCCC(C)C)OC(=O)CCCCCCCCCCCCCCCC(C)C)OC(=O)CCCCCCCCCCCCCCCCCCCCC(C)CC. The summed E-state index contributed by atoms with van der Waals surface area (Å²) < 4.78 is 68.8. The van der Waals surface area contributed by atoms with Crippen LogP contribution in [0.15, 0.2) is 0 Å². The number of ether oxygens (including phenoxy) is 4. The molecule has 0 aromatic rings. The van der Waals surface area contributed by atoms with Crippen molar-refractivity contribution in [1.82, 2.24) is 0 Å². The number of rotatable bonds is 83. The number of unbranched alkanes of at least 4 members (excludes halogenated alkanes) is 50. The summed E-state index contributed by atoms with van der Waals surface area (Å²) in [5, 5.41) is 10.7. The average Bonchev–Trinajstić information content (AvgIpc) is 0.906. The molecular weight excluding hydrogens is 1350 g/mol. The van der Waals surface area contributed by atoms with Crippen LogP contribution in [0.2, 0.25) is 0 Å². The molecule has 0 saturated heterocycles. The number of aliphatic hydroxyl groups is 1. The largest absolute Gasteiger partial charge is 0.472 e. The van der Waals surface area contributed by atoms with Gasteiger partial charge >= 0.3 is 39.5 Å². The van der Waals surface area contributed by atoms with Crippen molar-refractivity contribution in [3.8, 4) is 0 Å². The van der Waals surface area contributed by atoms with E-state index in [4.69, 9.17) is 37.0 Å². The monoisotopic (exact) mass is 1520 g/mol. The van der Waals surface area contributed by atoms with E-state index in [9.17, 15) is 43.2 Å². The van der Waals surface area contributed by atoms with Crippen LogP contribution in [0.1, 0.15) is 447 Å². The molecule has 0 saturated carbocycles. The Balaban J connectivity index is 5.21. The average molecular weight is 1520 g/mol. The molecule has 3 unspecified atom stereocenters. The number of aliphatic hydroxyl groups excluding tert-OH is 1. The fraction of sp³-hybridized carbons (Fsp3) is 0.953. The second kappa shape index (κ2) is 75.1. The van der Waals surface area contributed by atoms with Gasteiger partial charge in [0.2, 0.25) is 0 Å². The van der Waals surface area contributed by atoms with Crippen molar-refractivity contribution in [2.24, 2.45) is 17.8 Å². The van der Waals surface area contributed by atoms with E-state index >= 15 is 0 Å². The predicted molar refractivity (Wildman–Crippen MR) is 428 cm³/mol. The molecule has 0 aliphatic rings. The lowest BCUT2D eigenvalue weighted by Gasteiger charge is -2.21. The zero-order valence-electron chi connectivity index (χ0n) is 68.5. The molecule has 0 aliphatic heterocycles. The molecule has 0 heterocycles. The normalized spacial score (nSPS) is 14.2. The van der Waals surface area contributed by atoms with Crippen LogP contribution >= 0.6 is 15.6 Å². The number of hydrogen-bond donors (Lipinski definition) is 3. The van der Waals surface area contributed by atoms with Crippen molar-refractivity contribution in [3.63, 3.8) is 0 Å². The molecule has 0 aromatic heterocycles. The number of esters is 4. The molecule has 19 heteroatoms. The van der Waals surface area contributed by atoms with Gasteiger partial charge in [0.15, 0.2) is 12.2 Å². The third kappa shape index (κ3) is 76.8. The smallest absolute Gasteiger partial charge is 0.462 e. The maximum absolute atomic E-state index is 13.1. The number of hydrogen-bond acceptors (Lipinski definition) is 15. The minimum absolute atomic E-state index is 0.106. The van der Waals surface area contributed by atoms with Gasteiger partial charge in [0, 0.05) is 25.7 Å². The summed E-state index contributed by atoms with van der Waals surface area (Å²) in [6, 6.07) is 0. The second-order valence-corrected chi connectivity index (χ2v) is 34.7. The summed E-state index contributed by atoms with van der Waals surface area (Å²) in [5.74, 6) is 0.229. The van der Waals surface area contributed by atoms with Crippen LogP contribution in [0.5, 0.6) is 0 Å². The summed E-state index contributed by atoms with van der Waals surface area (Å²) in [6.07, 6.45) is 65.4. The van der Waals surface area contributed by atoms with Crippen LogP contribution in [0.4, 0.5) is 0 Å². The third-order valence-electron chi connectivity index (χ3n) is 20.2. The van der Waals surface area contributed by atoms with Crippen molar-refractivity contribution in [1.29, 1.82) is 0 Å². The van der Waals surface area contributed by atoms with Crippen molar-refractivity contribution in [3.05, 3.63) is 0 Å². The van der Waals surface area contributed by atoms with Gasteiger partial charge in [-0.25, -0.2) is 9.13 Å². The molecule has 0 spiro atoms. The van der Waals surface area contributed by atoms with Crippen molar-refractivity contribution in [2.45, 2.75) is 465 Å². The Morgan fingerprint density at radius 2 is 0.490 bits per heavy atom. The zero-order valence-corrected chi connectivity index (χ0v) is 70.3. The van der Waals surface area contributed by atoms with E-state index in [1.165, 1.54) is 250 Å². The fourth-order valence-electron chi connectivity index (χ4n) is 13.2. The maximum atomic E-state index is 13.1. The Morgan fingerprint density at radius 3 is 0.731 bits per heavy atom. The van der Waals surface area contributed by atoms with Crippen molar-refractivity contribution >= 4 is 39.5 Å².